The number of hydrogen-bond acceptors (Lipinski definition) is 5. The highest BCUT2D eigenvalue weighted by Gasteiger charge is 2.52. The summed E-state index contributed by atoms with van der Waals surface area (Å²) in [4.78, 5) is 11.6. The molecule has 0 saturated heterocycles. The molecule has 0 saturated carbocycles. The monoisotopic (exact) mass is 349 g/mol. The van der Waals surface area contributed by atoms with Gasteiger partial charge in [0.05, 0.1) is 17.8 Å². The number of aliphatic hydroxyl groups is 1. The molecule has 2 N–H and O–H groups in total. The fraction of sp³-hybridized carbons (Fsp3) is 0.917. The maximum atomic E-state index is 12.4. The van der Waals surface area contributed by atoms with Crippen LogP contribution in [0.25, 0.3) is 0 Å². The second kappa shape index (κ2) is 7.14. The lowest BCUT2D eigenvalue weighted by Crippen LogP contribution is -2.56. The molecule has 0 radical (unpaired) electrons. The van der Waals surface area contributed by atoms with Crippen molar-refractivity contribution in [3.8, 4) is 0 Å². The van der Waals surface area contributed by atoms with Crippen molar-refractivity contribution in [2.75, 3.05) is 12.4 Å². The van der Waals surface area contributed by atoms with Gasteiger partial charge in [0.25, 0.3) is 0 Å². The lowest BCUT2D eigenvalue weighted by Gasteiger charge is -2.26. The van der Waals surface area contributed by atoms with Gasteiger partial charge in [0.2, 0.25) is 15.7 Å². The zero-order chi connectivity index (χ0) is 17.8. The van der Waals surface area contributed by atoms with Gasteiger partial charge in [0.1, 0.15) is 0 Å². The highest BCUT2D eigenvalue weighted by Crippen LogP contribution is 2.28. The number of rotatable bonds is 8. The summed E-state index contributed by atoms with van der Waals surface area (Å²) in [6, 6.07) is 0. The minimum atomic E-state index is -5.14. The molecule has 0 spiro atoms. The van der Waals surface area contributed by atoms with Crippen LogP contribution in [0.3, 0.4) is 0 Å². The van der Waals surface area contributed by atoms with E-state index in [0.717, 1.165) is 4.72 Å². The van der Waals surface area contributed by atoms with Crippen molar-refractivity contribution >= 4 is 16.0 Å². The molecule has 6 nitrogen and oxygen atoms in total. The Kier molecular flexibility index (Phi) is 6.85. The first-order valence-corrected chi connectivity index (χ1v) is 8.28. The van der Waals surface area contributed by atoms with Gasteiger partial charge in [-0.05, 0) is 33.6 Å². The van der Waals surface area contributed by atoms with E-state index in [-0.39, 0.29) is 13.0 Å². The minimum Gasteiger partial charge on any atom is -0.465 e. The summed E-state index contributed by atoms with van der Waals surface area (Å²) < 4.78 is 66.1. The zero-order valence-corrected chi connectivity index (χ0v) is 13.8. The van der Waals surface area contributed by atoms with E-state index in [1.807, 2.05) is 0 Å². The smallest absolute Gasteiger partial charge is 0.431 e. The van der Waals surface area contributed by atoms with Crippen LogP contribution >= 0.6 is 0 Å². The van der Waals surface area contributed by atoms with E-state index in [1.54, 1.807) is 20.8 Å². The maximum absolute atomic E-state index is 12.4. The molecule has 0 aromatic carbocycles. The number of hydrogen-bond donors (Lipinski definition) is 2. The highest BCUT2D eigenvalue weighted by atomic mass is 32.2. The van der Waals surface area contributed by atoms with Crippen LogP contribution in [0.15, 0.2) is 0 Å². The molecule has 0 aliphatic heterocycles. The summed E-state index contributed by atoms with van der Waals surface area (Å²) in [5.41, 5.74) is -4.26. The first-order valence-electron chi connectivity index (χ1n) is 6.62. The fourth-order valence-corrected chi connectivity index (χ4v) is 2.49. The van der Waals surface area contributed by atoms with Crippen LogP contribution in [0, 0.1) is 5.41 Å². The van der Waals surface area contributed by atoms with E-state index in [9.17, 15) is 26.4 Å². The second-order valence-electron chi connectivity index (χ2n) is 5.72. The largest absolute Gasteiger partial charge is 0.465 e. The molecule has 0 aliphatic rings. The van der Waals surface area contributed by atoms with Crippen LogP contribution in [0.2, 0.25) is 0 Å². The van der Waals surface area contributed by atoms with Crippen molar-refractivity contribution in [1.82, 2.24) is 4.72 Å². The topological polar surface area (TPSA) is 92.7 Å². The molecule has 0 aromatic heterocycles. The first kappa shape index (κ1) is 21.1. The van der Waals surface area contributed by atoms with E-state index in [2.05, 4.69) is 0 Å². The van der Waals surface area contributed by atoms with Crippen molar-refractivity contribution in [2.24, 2.45) is 5.41 Å². The molecule has 1 unspecified atom stereocenters. The standard InChI is InChI=1S/C12H22F3NO5S/c1-5-10(2,3)9(17)21-7-6-8-22(19,20)16-11(4,18)12(13,14)15/h16,18H,5-8H2,1-4H3. The molecular weight excluding hydrogens is 327 g/mol. The quantitative estimate of drug-likeness (QED) is 0.394. The summed E-state index contributed by atoms with van der Waals surface area (Å²) in [6.07, 6.45) is -4.80. The Morgan fingerprint density at radius 2 is 1.73 bits per heavy atom. The van der Waals surface area contributed by atoms with Crippen LogP contribution in [-0.2, 0) is 19.6 Å². The lowest BCUT2D eigenvalue weighted by molar-refractivity contribution is -0.257. The van der Waals surface area contributed by atoms with E-state index < -0.39 is 39.1 Å². The number of carbonyl (C=O) groups is 1. The van der Waals surface area contributed by atoms with Crippen molar-refractivity contribution in [1.29, 1.82) is 0 Å². The average Bonchev–Trinajstić information content (AvgIpc) is 2.31. The van der Waals surface area contributed by atoms with Gasteiger partial charge in [0, 0.05) is 0 Å². The van der Waals surface area contributed by atoms with E-state index >= 15 is 0 Å². The Bertz CT molecular complexity index is 485. The summed E-state index contributed by atoms with van der Waals surface area (Å²) in [7, 11) is -4.37. The van der Waals surface area contributed by atoms with Crippen LogP contribution in [0.1, 0.15) is 40.5 Å². The second-order valence-corrected chi connectivity index (χ2v) is 7.56. The molecule has 0 bridgehead atoms. The normalized spacial score (nSPS) is 16.2. The first-order chi connectivity index (χ1) is 9.65. The third-order valence-electron chi connectivity index (χ3n) is 3.13. The van der Waals surface area contributed by atoms with Gasteiger partial charge in [-0.2, -0.15) is 17.9 Å². The molecule has 0 aliphatic carbocycles. The zero-order valence-electron chi connectivity index (χ0n) is 13.0. The molecule has 1 atom stereocenters. The summed E-state index contributed by atoms with van der Waals surface area (Å²) in [5, 5.41) is 9.07. The highest BCUT2D eigenvalue weighted by molar-refractivity contribution is 7.89. The molecule has 0 rings (SSSR count). The number of nitrogens with one attached hydrogen (secondary N) is 1. The summed E-state index contributed by atoms with van der Waals surface area (Å²) >= 11 is 0. The van der Waals surface area contributed by atoms with E-state index in [0.29, 0.717) is 13.3 Å². The van der Waals surface area contributed by atoms with Crippen molar-refractivity contribution < 1.29 is 36.2 Å². The molecule has 0 aromatic rings. The average molecular weight is 349 g/mol. The van der Waals surface area contributed by atoms with Gasteiger partial charge in [-0.15, -0.1) is 0 Å². The maximum Gasteiger partial charge on any atom is 0.431 e. The Hall–Kier alpha value is -0.870. The molecule has 0 fully saturated rings. The van der Waals surface area contributed by atoms with Crippen LogP contribution in [0.4, 0.5) is 13.2 Å². The summed E-state index contributed by atoms with van der Waals surface area (Å²) in [6.45, 7) is 5.17. The SMILES string of the molecule is CCC(C)(C)C(=O)OCCCS(=O)(=O)NC(C)(O)C(F)(F)F. The molecule has 22 heavy (non-hydrogen) atoms. The molecule has 0 heterocycles. The number of carbonyl (C=O) groups excluding carboxylic acids is 1. The van der Waals surface area contributed by atoms with Crippen molar-refractivity contribution in [3.05, 3.63) is 0 Å². The molecular formula is C12H22F3NO5S. The summed E-state index contributed by atoms with van der Waals surface area (Å²) in [5.74, 6) is -1.22. The number of alkyl halides is 3. The van der Waals surface area contributed by atoms with Gasteiger partial charge in [-0.3, -0.25) is 4.79 Å². The van der Waals surface area contributed by atoms with Crippen molar-refractivity contribution in [2.45, 2.75) is 52.4 Å². The van der Waals surface area contributed by atoms with Gasteiger partial charge >= 0.3 is 12.1 Å². The number of sulfonamides is 1. The Morgan fingerprint density at radius 3 is 2.14 bits per heavy atom. The third-order valence-corrected chi connectivity index (χ3v) is 4.67. The number of esters is 1. The van der Waals surface area contributed by atoms with Gasteiger partial charge in [0.15, 0.2) is 0 Å². The lowest BCUT2D eigenvalue weighted by atomic mass is 9.91. The molecule has 132 valence electrons. The molecule has 10 heteroatoms. The predicted molar refractivity (Wildman–Crippen MR) is 73.2 cm³/mol. The van der Waals surface area contributed by atoms with Gasteiger partial charge in [-0.1, -0.05) is 6.92 Å². The Morgan fingerprint density at radius 1 is 1.23 bits per heavy atom. The molecule has 0 amide bonds. The van der Waals surface area contributed by atoms with Gasteiger partial charge < -0.3 is 9.84 Å². The van der Waals surface area contributed by atoms with Crippen LogP contribution in [0.5, 0.6) is 0 Å². The number of halogens is 3. The van der Waals surface area contributed by atoms with E-state index in [1.165, 1.54) is 0 Å². The predicted octanol–water partition coefficient (Wildman–Crippen LogP) is 1.55. The van der Waals surface area contributed by atoms with Crippen molar-refractivity contribution in [3.63, 3.8) is 0 Å². The minimum absolute atomic E-state index is 0.186. The van der Waals surface area contributed by atoms with Crippen LogP contribution in [-0.4, -0.2) is 43.8 Å². The van der Waals surface area contributed by atoms with E-state index in [4.69, 9.17) is 9.84 Å². The number of ether oxygens (including phenoxy) is 1. The van der Waals surface area contributed by atoms with Crippen LogP contribution < -0.4 is 4.72 Å². The third kappa shape index (κ3) is 6.49. The van der Waals surface area contributed by atoms with Gasteiger partial charge in [-0.25, -0.2) is 8.42 Å². The Labute approximate surface area is 128 Å². The fourth-order valence-electron chi connectivity index (χ4n) is 1.17. The Balaban J connectivity index is 4.40.